The molecule has 6 heteroatoms. The molecule has 0 bridgehead atoms. The minimum Gasteiger partial charge on any atom is -0.493 e. The van der Waals surface area contributed by atoms with Crippen LogP contribution in [0.25, 0.3) is 0 Å². The van der Waals surface area contributed by atoms with Gasteiger partial charge in [0, 0.05) is 12.2 Å². The highest BCUT2D eigenvalue weighted by Gasteiger charge is 2.14. The number of anilines is 1. The van der Waals surface area contributed by atoms with E-state index in [1.165, 1.54) is 5.56 Å². The average Bonchev–Trinajstić information content (AvgIpc) is 2.70. The second-order valence-electron chi connectivity index (χ2n) is 6.75. The van der Waals surface area contributed by atoms with E-state index in [1.54, 1.807) is 31.4 Å². The second-order valence-corrected chi connectivity index (χ2v) is 6.75. The molecule has 0 aromatic heterocycles. The lowest BCUT2D eigenvalue weighted by Gasteiger charge is -2.12. The molecule has 0 radical (unpaired) electrons. The van der Waals surface area contributed by atoms with E-state index in [0.29, 0.717) is 29.7 Å². The lowest BCUT2D eigenvalue weighted by molar-refractivity contribution is -0.136. The molecule has 2 amide bonds. The predicted molar refractivity (Wildman–Crippen MR) is 110 cm³/mol. The Labute approximate surface area is 166 Å². The van der Waals surface area contributed by atoms with Crippen LogP contribution in [0.4, 0.5) is 5.69 Å². The number of carbonyl (C=O) groups excluding carboxylic acids is 2. The van der Waals surface area contributed by atoms with Gasteiger partial charge in [0.2, 0.25) is 0 Å². The van der Waals surface area contributed by atoms with Gasteiger partial charge in [0.1, 0.15) is 0 Å². The highest BCUT2D eigenvalue weighted by molar-refractivity contribution is 6.39. The quantitative estimate of drug-likeness (QED) is 0.678. The number of rotatable bonds is 8. The van der Waals surface area contributed by atoms with Crippen LogP contribution in [-0.2, 0) is 16.1 Å². The Morgan fingerprint density at radius 2 is 1.71 bits per heavy atom. The lowest BCUT2D eigenvalue weighted by atomic mass is 10.0. The van der Waals surface area contributed by atoms with Gasteiger partial charge in [0.15, 0.2) is 11.5 Å². The van der Waals surface area contributed by atoms with Crippen LogP contribution < -0.4 is 20.1 Å². The molecule has 0 fully saturated rings. The normalized spacial score (nSPS) is 10.5. The van der Waals surface area contributed by atoms with E-state index in [0.717, 1.165) is 12.0 Å². The van der Waals surface area contributed by atoms with E-state index >= 15 is 0 Å². The van der Waals surface area contributed by atoms with Crippen LogP contribution in [0.3, 0.4) is 0 Å². The van der Waals surface area contributed by atoms with Gasteiger partial charge in [-0.2, -0.15) is 0 Å². The first-order valence-electron chi connectivity index (χ1n) is 9.43. The largest absolute Gasteiger partial charge is 0.493 e. The van der Waals surface area contributed by atoms with E-state index in [1.807, 2.05) is 25.1 Å². The summed E-state index contributed by atoms with van der Waals surface area (Å²) in [5, 5.41) is 5.22. The molecule has 0 saturated heterocycles. The molecule has 2 aromatic rings. The van der Waals surface area contributed by atoms with Crippen molar-refractivity contribution in [3.05, 3.63) is 53.6 Å². The summed E-state index contributed by atoms with van der Waals surface area (Å²) in [7, 11) is 1.56. The Morgan fingerprint density at radius 1 is 1.00 bits per heavy atom. The third-order valence-electron chi connectivity index (χ3n) is 4.18. The van der Waals surface area contributed by atoms with Gasteiger partial charge in [-0.25, -0.2) is 0 Å². The second kappa shape index (κ2) is 10.3. The van der Waals surface area contributed by atoms with Crippen molar-refractivity contribution in [1.29, 1.82) is 0 Å². The molecule has 0 aliphatic heterocycles. The molecular weight excluding hydrogens is 356 g/mol. The zero-order valence-corrected chi connectivity index (χ0v) is 16.9. The number of ether oxygens (including phenoxy) is 2. The fraction of sp³-hybridized carbons (Fsp3) is 0.364. The summed E-state index contributed by atoms with van der Waals surface area (Å²) in [5.74, 6) is 0.256. The lowest BCUT2D eigenvalue weighted by Crippen LogP contribution is -2.34. The Bertz CT molecular complexity index is 801. The van der Waals surface area contributed by atoms with E-state index < -0.39 is 11.8 Å². The molecule has 0 spiro atoms. The smallest absolute Gasteiger partial charge is 0.313 e. The van der Waals surface area contributed by atoms with Crippen LogP contribution in [-0.4, -0.2) is 25.5 Å². The van der Waals surface area contributed by atoms with Crippen molar-refractivity contribution in [2.45, 2.75) is 39.7 Å². The molecule has 2 aromatic carbocycles. The number of amides is 2. The molecule has 2 rings (SSSR count). The summed E-state index contributed by atoms with van der Waals surface area (Å²) in [6.45, 7) is 7.03. The van der Waals surface area contributed by atoms with Crippen molar-refractivity contribution in [2.75, 3.05) is 19.0 Å². The highest BCUT2D eigenvalue weighted by atomic mass is 16.5. The van der Waals surface area contributed by atoms with Gasteiger partial charge < -0.3 is 20.1 Å². The first-order chi connectivity index (χ1) is 13.4. The number of nitrogens with one attached hydrogen (secondary N) is 2. The number of hydrogen-bond acceptors (Lipinski definition) is 4. The molecule has 28 heavy (non-hydrogen) atoms. The number of hydrogen-bond donors (Lipinski definition) is 2. The van der Waals surface area contributed by atoms with Crippen molar-refractivity contribution >= 4 is 17.5 Å². The van der Waals surface area contributed by atoms with E-state index in [2.05, 4.69) is 24.5 Å². The average molecular weight is 384 g/mol. The van der Waals surface area contributed by atoms with Crippen LogP contribution in [0.5, 0.6) is 11.5 Å². The fourth-order valence-corrected chi connectivity index (χ4v) is 2.56. The van der Waals surface area contributed by atoms with Gasteiger partial charge in [0.25, 0.3) is 0 Å². The van der Waals surface area contributed by atoms with Crippen LogP contribution in [0.2, 0.25) is 0 Å². The summed E-state index contributed by atoms with van der Waals surface area (Å²) >= 11 is 0. The van der Waals surface area contributed by atoms with Crippen molar-refractivity contribution in [1.82, 2.24) is 5.32 Å². The topological polar surface area (TPSA) is 76.7 Å². The van der Waals surface area contributed by atoms with Crippen LogP contribution in [0, 0.1) is 0 Å². The molecule has 0 aliphatic rings. The Morgan fingerprint density at radius 3 is 2.32 bits per heavy atom. The molecule has 0 aliphatic carbocycles. The van der Waals surface area contributed by atoms with Crippen LogP contribution >= 0.6 is 0 Å². The molecule has 6 nitrogen and oxygen atoms in total. The van der Waals surface area contributed by atoms with Gasteiger partial charge in [-0.15, -0.1) is 0 Å². The fourth-order valence-electron chi connectivity index (χ4n) is 2.56. The summed E-state index contributed by atoms with van der Waals surface area (Å²) in [4.78, 5) is 24.2. The Balaban J connectivity index is 1.91. The summed E-state index contributed by atoms with van der Waals surface area (Å²) < 4.78 is 10.9. The van der Waals surface area contributed by atoms with Crippen molar-refractivity contribution in [2.24, 2.45) is 0 Å². The van der Waals surface area contributed by atoms with Crippen LogP contribution in [0.15, 0.2) is 42.5 Å². The Kier molecular flexibility index (Phi) is 7.87. The van der Waals surface area contributed by atoms with Crippen LogP contribution in [0.1, 0.15) is 44.2 Å². The maximum Gasteiger partial charge on any atom is 0.313 e. The van der Waals surface area contributed by atoms with E-state index in [-0.39, 0.29) is 6.54 Å². The van der Waals surface area contributed by atoms with Gasteiger partial charge in [-0.1, -0.05) is 39.0 Å². The predicted octanol–water partition coefficient (Wildman–Crippen LogP) is 3.86. The number of benzene rings is 2. The third-order valence-corrected chi connectivity index (χ3v) is 4.18. The van der Waals surface area contributed by atoms with Gasteiger partial charge in [-0.3, -0.25) is 9.59 Å². The molecular formula is C22H28N2O4. The summed E-state index contributed by atoms with van der Waals surface area (Å²) in [6.07, 6.45) is 0.899. The van der Waals surface area contributed by atoms with Gasteiger partial charge in [0.05, 0.1) is 13.7 Å². The standard InChI is InChI=1S/C22H28N2O4/c1-5-12-28-19-11-6-16(13-20(19)27-4)14-23-21(25)22(26)24-18-9-7-17(8-10-18)15(2)3/h6-11,13,15H,5,12,14H2,1-4H3,(H,23,25)(H,24,26). The molecule has 0 atom stereocenters. The van der Waals surface area contributed by atoms with Gasteiger partial charge in [-0.05, 0) is 47.7 Å². The Hall–Kier alpha value is -3.02. The number of methoxy groups -OCH3 is 1. The molecule has 0 heterocycles. The van der Waals surface area contributed by atoms with Gasteiger partial charge >= 0.3 is 11.8 Å². The summed E-state index contributed by atoms with van der Waals surface area (Å²) in [5.41, 5.74) is 2.56. The SMILES string of the molecule is CCCOc1ccc(CNC(=O)C(=O)Nc2ccc(C(C)C)cc2)cc1OC. The first kappa shape index (κ1) is 21.3. The molecule has 0 saturated carbocycles. The zero-order chi connectivity index (χ0) is 20.5. The minimum absolute atomic E-state index is 0.211. The monoisotopic (exact) mass is 384 g/mol. The molecule has 150 valence electrons. The maximum absolute atomic E-state index is 12.1. The highest BCUT2D eigenvalue weighted by Crippen LogP contribution is 2.28. The van der Waals surface area contributed by atoms with Crippen molar-refractivity contribution < 1.29 is 19.1 Å². The minimum atomic E-state index is -0.702. The van der Waals surface area contributed by atoms with Crippen molar-refractivity contribution in [3.63, 3.8) is 0 Å². The third kappa shape index (κ3) is 6.01. The molecule has 2 N–H and O–H groups in total. The summed E-state index contributed by atoms with van der Waals surface area (Å²) in [6, 6.07) is 12.9. The van der Waals surface area contributed by atoms with E-state index in [9.17, 15) is 9.59 Å². The molecule has 0 unspecified atom stereocenters. The maximum atomic E-state index is 12.1. The van der Waals surface area contributed by atoms with E-state index in [4.69, 9.17) is 9.47 Å². The zero-order valence-electron chi connectivity index (χ0n) is 16.9. The van der Waals surface area contributed by atoms with Crippen molar-refractivity contribution in [3.8, 4) is 11.5 Å². The first-order valence-corrected chi connectivity index (χ1v) is 9.43. The number of carbonyl (C=O) groups is 2.